The number of halogens is 1. The molecule has 1 N–H and O–H groups in total. The summed E-state index contributed by atoms with van der Waals surface area (Å²) in [6, 6.07) is 19.4. The van der Waals surface area contributed by atoms with E-state index in [9.17, 15) is 9.18 Å². The fraction of sp³-hybridized carbons (Fsp3) is 0.308. The predicted molar refractivity (Wildman–Crippen MR) is 122 cm³/mol. The van der Waals surface area contributed by atoms with Crippen molar-refractivity contribution in [1.82, 2.24) is 15.2 Å². The molecule has 2 atom stereocenters. The number of likely N-dealkylation sites (tertiary alicyclic amines) is 1. The van der Waals surface area contributed by atoms with Crippen molar-refractivity contribution in [3.8, 4) is 5.75 Å². The van der Waals surface area contributed by atoms with E-state index in [1.165, 1.54) is 17.7 Å². The molecule has 0 spiro atoms. The molecule has 3 aromatic rings. The van der Waals surface area contributed by atoms with E-state index in [2.05, 4.69) is 27.3 Å². The van der Waals surface area contributed by atoms with Crippen molar-refractivity contribution >= 4 is 5.91 Å². The van der Waals surface area contributed by atoms with Crippen LogP contribution in [-0.2, 0) is 6.54 Å². The highest BCUT2D eigenvalue weighted by Gasteiger charge is 2.30. The second kappa shape index (κ2) is 10.4. The molecule has 1 aromatic heterocycles. The zero-order valence-corrected chi connectivity index (χ0v) is 18.2. The van der Waals surface area contributed by atoms with Gasteiger partial charge in [0.1, 0.15) is 11.6 Å². The van der Waals surface area contributed by atoms with Gasteiger partial charge in [-0.25, -0.2) is 4.39 Å². The fourth-order valence-electron chi connectivity index (χ4n) is 4.34. The van der Waals surface area contributed by atoms with Crippen LogP contribution in [0.4, 0.5) is 4.39 Å². The molecule has 1 aliphatic rings. The molecule has 0 radical (unpaired) electrons. The topological polar surface area (TPSA) is 54.5 Å². The van der Waals surface area contributed by atoms with Gasteiger partial charge in [0.2, 0.25) is 0 Å². The first kappa shape index (κ1) is 22.0. The molecule has 32 heavy (non-hydrogen) atoms. The number of hydrogen-bond acceptors (Lipinski definition) is 4. The van der Waals surface area contributed by atoms with Gasteiger partial charge in [0.15, 0.2) is 0 Å². The summed E-state index contributed by atoms with van der Waals surface area (Å²) in [5.41, 5.74) is 2.37. The number of ether oxygens (including phenoxy) is 1. The van der Waals surface area contributed by atoms with Crippen LogP contribution in [0, 0.1) is 11.7 Å². The van der Waals surface area contributed by atoms with E-state index >= 15 is 0 Å². The average Bonchev–Trinajstić information content (AvgIpc) is 2.83. The van der Waals surface area contributed by atoms with Crippen LogP contribution >= 0.6 is 0 Å². The van der Waals surface area contributed by atoms with Crippen LogP contribution in [0.5, 0.6) is 5.75 Å². The van der Waals surface area contributed by atoms with Gasteiger partial charge in [-0.05, 0) is 73.3 Å². The Balaban J connectivity index is 1.50. The van der Waals surface area contributed by atoms with Gasteiger partial charge < -0.3 is 10.1 Å². The molecule has 2 aromatic carbocycles. The van der Waals surface area contributed by atoms with Gasteiger partial charge >= 0.3 is 0 Å². The van der Waals surface area contributed by atoms with Gasteiger partial charge in [0.05, 0.1) is 18.8 Å². The minimum absolute atomic E-state index is 0.203. The normalized spacial score (nSPS) is 17.5. The van der Waals surface area contributed by atoms with Crippen LogP contribution in [0.15, 0.2) is 72.9 Å². The van der Waals surface area contributed by atoms with Crippen LogP contribution in [0.2, 0.25) is 0 Å². The van der Waals surface area contributed by atoms with Gasteiger partial charge in [-0.3, -0.25) is 14.7 Å². The largest absolute Gasteiger partial charge is 0.497 e. The molecular formula is C26H28FN3O2. The highest BCUT2D eigenvalue weighted by atomic mass is 19.1. The van der Waals surface area contributed by atoms with Gasteiger partial charge in [-0.1, -0.05) is 24.3 Å². The van der Waals surface area contributed by atoms with Crippen LogP contribution in [0.1, 0.15) is 40.5 Å². The monoisotopic (exact) mass is 433 g/mol. The number of benzene rings is 2. The smallest absolute Gasteiger partial charge is 0.251 e. The standard InChI is InChI=1S/C26H28FN3O2/c1-32-23-12-10-19(11-13-23)17-30-15-5-7-21(18-30)25(24-9-2-3-14-28-24)29-26(31)20-6-4-8-22(27)16-20/h2-4,6,8-14,16,21,25H,5,7,15,17-18H2,1H3,(H,29,31). The Morgan fingerprint density at radius 1 is 1.19 bits per heavy atom. The molecule has 0 aliphatic carbocycles. The number of piperidine rings is 1. The number of aromatic nitrogens is 1. The van der Waals surface area contributed by atoms with E-state index in [0.29, 0.717) is 5.56 Å². The number of nitrogens with one attached hydrogen (secondary N) is 1. The second-order valence-electron chi connectivity index (χ2n) is 8.20. The van der Waals surface area contributed by atoms with E-state index in [4.69, 9.17) is 4.74 Å². The molecule has 0 saturated carbocycles. The molecule has 1 saturated heterocycles. The van der Waals surface area contributed by atoms with Crippen LogP contribution in [-0.4, -0.2) is 36.0 Å². The number of methoxy groups -OCH3 is 1. The lowest BCUT2D eigenvalue weighted by atomic mass is 9.88. The lowest BCUT2D eigenvalue weighted by Crippen LogP contribution is -2.43. The summed E-state index contributed by atoms with van der Waals surface area (Å²) in [6.07, 6.45) is 3.78. The summed E-state index contributed by atoms with van der Waals surface area (Å²) in [5, 5.41) is 3.13. The number of carbonyl (C=O) groups is 1. The van der Waals surface area contributed by atoms with Gasteiger partial charge in [0, 0.05) is 24.8 Å². The minimum atomic E-state index is -0.421. The van der Waals surface area contributed by atoms with Crippen LogP contribution < -0.4 is 10.1 Å². The third kappa shape index (κ3) is 5.51. The maximum Gasteiger partial charge on any atom is 0.251 e. The number of amides is 1. The molecule has 2 unspecified atom stereocenters. The lowest BCUT2D eigenvalue weighted by Gasteiger charge is -2.37. The Bertz CT molecular complexity index is 1030. The fourth-order valence-corrected chi connectivity index (χ4v) is 4.34. The van der Waals surface area contributed by atoms with Crippen molar-refractivity contribution in [2.24, 2.45) is 5.92 Å². The quantitative estimate of drug-likeness (QED) is 0.591. The summed E-state index contributed by atoms with van der Waals surface area (Å²) in [4.78, 5) is 19.9. The average molecular weight is 434 g/mol. The van der Waals surface area contributed by atoms with Crippen molar-refractivity contribution in [2.75, 3.05) is 20.2 Å². The number of nitrogens with zero attached hydrogens (tertiary/aromatic N) is 2. The second-order valence-corrected chi connectivity index (χ2v) is 8.20. The van der Waals surface area contributed by atoms with Crippen molar-refractivity contribution in [3.05, 3.63) is 95.6 Å². The van der Waals surface area contributed by atoms with E-state index in [-0.39, 0.29) is 17.9 Å². The molecular weight excluding hydrogens is 405 g/mol. The first-order valence-electron chi connectivity index (χ1n) is 10.9. The summed E-state index contributed by atoms with van der Waals surface area (Å²) in [5.74, 6) is 0.345. The number of carbonyl (C=O) groups excluding carboxylic acids is 1. The highest BCUT2D eigenvalue weighted by Crippen LogP contribution is 2.30. The summed E-state index contributed by atoms with van der Waals surface area (Å²) in [7, 11) is 1.67. The summed E-state index contributed by atoms with van der Waals surface area (Å²) in [6.45, 7) is 2.69. The third-order valence-corrected chi connectivity index (χ3v) is 5.96. The zero-order chi connectivity index (χ0) is 22.3. The highest BCUT2D eigenvalue weighted by molar-refractivity contribution is 5.94. The first-order valence-corrected chi connectivity index (χ1v) is 10.9. The molecule has 2 heterocycles. The van der Waals surface area contributed by atoms with E-state index in [0.717, 1.165) is 43.9 Å². The van der Waals surface area contributed by atoms with E-state index in [1.54, 1.807) is 25.4 Å². The summed E-state index contributed by atoms with van der Waals surface area (Å²) >= 11 is 0. The number of pyridine rings is 1. The number of rotatable bonds is 7. The Hall–Kier alpha value is -3.25. The van der Waals surface area contributed by atoms with Gasteiger partial charge in [0.25, 0.3) is 5.91 Å². The minimum Gasteiger partial charge on any atom is -0.497 e. The van der Waals surface area contributed by atoms with Crippen molar-refractivity contribution in [1.29, 1.82) is 0 Å². The van der Waals surface area contributed by atoms with Gasteiger partial charge in [-0.15, -0.1) is 0 Å². The molecule has 166 valence electrons. The molecule has 0 bridgehead atoms. The van der Waals surface area contributed by atoms with Crippen LogP contribution in [0.25, 0.3) is 0 Å². The Morgan fingerprint density at radius 3 is 2.75 bits per heavy atom. The number of hydrogen-bond donors (Lipinski definition) is 1. The zero-order valence-electron chi connectivity index (χ0n) is 18.2. The first-order chi connectivity index (χ1) is 15.6. The molecule has 5 nitrogen and oxygen atoms in total. The van der Waals surface area contributed by atoms with Crippen molar-refractivity contribution in [2.45, 2.75) is 25.4 Å². The molecule has 4 rings (SSSR count). The van der Waals surface area contributed by atoms with E-state index in [1.807, 2.05) is 30.3 Å². The molecule has 1 fully saturated rings. The maximum absolute atomic E-state index is 13.6. The Labute approximate surface area is 188 Å². The Morgan fingerprint density at radius 2 is 2.03 bits per heavy atom. The predicted octanol–water partition coefficient (Wildman–Crippen LogP) is 4.61. The Kier molecular flexibility index (Phi) is 7.12. The maximum atomic E-state index is 13.6. The van der Waals surface area contributed by atoms with Crippen molar-refractivity contribution in [3.63, 3.8) is 0 Å². The van der Waals surface area contributed by atoms with Gasteiger partial charge in [-0.2, -0.15) is 0 Å². The van der Waals surface area contributed by atoms with Crippen molar-refractivity contribution < 1.29 is 13.9 Å². The summed E-state index contributed by atoms with van der Waals surface area (Å²) < 4.78 is 18.9. The van der Waals surface area contributed by atoms with E-state index < -0.39 is 5.82 Å². The molecule has 6 heteroatoms. The molecule has 1 aliphatic heterocycles. The van der Waals surface area contributed by atoms with Crippen LogP contribution in [0.3, 0.4) is 0 Å². The third-order valence-electron chi connectivity index (χ3n) is 5.96. The molecule has 1 amide bonds. The SMILES string of the molecule is COc1ccc(CN2CCCC(C(NC(=O)c3cccc(F)c3)c3ccccn3)C2)cc1. The lowest BCUT2D eigenvalue weighted by molar-refractivity contribution is 0.0874.